The van der Waals surface area contributed by atoms with Gasteiger partial charge in [0.1, 0.15) is 0 Å². The van der Waals surface area contributed by atoms with Crippen molar-refractivity contribution in [2.45, 2.75) is 18.9 Å². The molecule has 0 aliphatic carbocycles. The number of rotatable bonds is 4. The minimum absolute atomic E-state index is 0.396. The highest BCUT2D eigenvalue weighted by atomic mass is 32.1. The van der Waals surface area contributed by atoms with E-state index in [0.29, 0.717) is 12.0 Å². The Balaban J connectivity index is 1.49. The van der Waals surface area contributed by atoms with Gasteiger partial charge in [0.25, 0.3) is 0 Å². The van der Waals surface area contributed by atoms with Gasteiger partial charge in [-0.25, -0.2) is 5.84 Å². The molecular formula is C17H22N4S2. The lowest BCUT2D eigenvalue weighted by atomic mass is 9.84. The van der Waals surface area contributed by atoms with Gasteiger partial charge < -0.3 is 15.6 Å². The molecule has 0 spiro atoms. The van der Waals surface area contributed by atoms with Gasteiger partial charge in [-0.2, -0.15) is 0 Å². The minimum Gasteiger partial charge on any atom is -0.396 e. The molecule has 3 aliphatic rings. The Morgan fingerprint density at radius 2 is 2.04 bits per heavy atom. The van der Waals surface area contributed by atoms with Gasteiger partial charge in [0, 0.05) is 22.5 Å². The van der Waals surface area contributed by atoms with Gasteiger partial charge in [-0.1, -0.05) is 6.07 Å². The summed E-state index contributed by atoms with van der Waals surface area (Å²) in [7, 11) is 0. The lowest BCUT2D eigenvalue weighted by Crippen LogP contribution is -2.57. The Bertz CT molecular complexity index is 683. The largest absolute Gasteiger partial charge is 0.396 e. The van der Waals surface area contributed by atoms with Crippen LogP contribution < -0.4 is 11.6 Å². The molecule has 3 aliphatic heterocycles. The van der Waals surface area contributed by atoms with Crippen molar-refractivity contribution in [1.82, 2.24) is 9.91 Å². The standard InChI is InChI=1S/C17H22N4S2/c18-13(15-3-4-17(23-15)16-2-1-9-22-16)10-21(19)14-11-20-7-5-12(14)6-8-20/h1-4,9-10,12,14H,5-8,11,18-19H2/b13-10-. The van der Waals surface area contributed by atoms with E-state index in [-0.39, 0.29) is 0 Å². The number of thiophene rings is 2. The normalized spacial score (nSPS) is 27.3. The second-order valence-electron chi connectivity index (χ2n) is 6.38. The van der Waals surface area contributed by atoms with Crippen LogP contribution in [0.3, 0.4) is 0 Å². The van der Waals surface area contributed by atoms with E-state index < -0.39 is 0 Å². The molecular weight excluding hydrogens is 324 g/mol. The van der Waals surface area contributed by atoms with Crippen LogP contribution in [0.15, 0.2) is 35.8 Å². The fourth-order valence-electron chi connectivity index (χ4n) is 3.64. The first-order valence-electron chi connectivity index (χ1n) is 8.07. The molecule has 2 aromatic heterocycles. The monoisotopic (exact) mass is 346 g/mol. The third-order valence-electron chi connectivity index (χ3n) is 4.95. The number of hydrogen-bond donors (Lipinski definition) is 2. The zero-order chi connectivity index (χ0) is 15.8. The molecule has 0 radical (unpaired) electrons. The van der Waals surface area contributed by atoms with Crippen LogP contribution in [0, 0.1) is 5.92 Å². The van der Waals surface area contributed by atoms with Crippen molar-refractivity contribution in [1.29, 1.82) is 0 Å². The molecule has 122 valence electrons. The lowest BCUT2D eigenvalue weighted by Gasteiger charge is -2.47. The average Bonchev–Trinajstić information content (AvgIpc) is 3.27. The van der Waals surface area contributed by atoms with E-state index in [1.165, 1.54) is 35.7 Å². The van der Waals surface area contributed by atoms with Gasteiger partial charge in [0.2, 0.25) is 0 Å². The van der Waals surface area contributed by atoms with E-state index in [2.05, 4.69) is 34.5 Å². The molecule has 23 heavy (non-hydrogen) atoms. The molecule has 1 atom stereocenters. The van der Waals surface area contributed by atoms with E-state index in [4.69, 9.17) is 11.6 Å². The summed E-state index contributed by atoms with van der Waals surface area (Å²) in [5.74, 6) is 7.04. The maximum atomic E-state index is 6.33. The number of nitrogens with zero attached hydrogens (tertiary/aromatic N) is 2. The van der Waals surface area contributed by atoms with Crippen LogP contribution in [0.4, 0.5) is 0 Å². The first-order valence-corrected chi connectivity index (χ1v) is 9.77. The highest BCUT2D eigenvalue weighted by Gasteiger charge is 2.36. The summed E-state index contributed by atoms with van der Waals surface area (Å²) in [5.41, 5.74) is 7.07. The van der Waals surface area contributed by atoms with Crippen molar-refractivity contribution in [3.8, 4) is 9.75 Å². The van der Waals surface area contributed by atoms with Crippen LogP contribution in [0.5, 0.6) is 0 Å². The number of fused-ring (bicyclic) bond motifs is 3. The Kier molecular flexibility index (Phi) is 4.15. The Hall–Kier alpha value is -1.34. The van der Waals surface area contributed by atoms with Crippen LogP contribution in [-0.4, -0.2) is 35.6 Å². The molecule has 4 nitrogen and oxygen atoms in total. The smallest absolute Gasteiger partial charge is 0.0666 e. The van der Waals surface area contributed by atoms with E-state index in [0.717, 1.165) is 17.1 Å². The van der Waals surface area contributed by atoms with Gasteiger partial charge in [0.05, 0.1) is 16.6 Å². The van der Waals surface area contributed by atoms with Crippen LogP contribution >= 0.6 is 22.7 Å². The summed E-state index contributed by atoms with van der Waals surface area (Å²) in [6.07, 6.45) is 4.44. The molecule has 4 N–H and O–H groups in total. The molecule has 1 unspecified atom stereocenters. The molecule has 0 saturated carbocycles. The molecule has 5 rings (SSSR count). The summed E-state index contributed by atoms with van der Waals surface area (Å²) < 4.78 is 0. The van der Waals surface area contributed by atoms with Crippen molar-refractivity contribution in [2.75, 3.05) is 19.6 Å². The number of nitrogens with two attached hydrogens (primary N) is 2. The molecule has 2 aromatic rings. The predicted molar refractivity (Wildman–Crippen MR) is 98.8 cm³/mol. The van der Waals surface area contributed by atoms with Gasteiger partial charge >= 0.3 is 0 Å². The minimum atomic E-state index is 0.396. The van der Waals surface area contributed by atoms with E-state index >= 15 is 0 Å². The summed E-state index contributed by atoms with van der Waals surface area (Å²) in [6.45, 7) is 3.52. The second-order valence-corrected chi connectivity index (χ2v) is 8.41. The lowest BCUT2D eigenvalue weighted by molar-refractivity contribution is 0.0256. The maximum absolute atomic E-state index is 6.33. The molecule has 3 saturated heterocycles. The fraction of sp³-hybridized carbons (Fsp3) is 0.412. The second kappa shape index (κ2) is 6.28. The number of hydrogen-bond acceptors (Lipinski definition) is 6. The van der Waals surface area contributed by atoms with E-state index in [9.17, 15) is 0 Å². The third-order valence-corrected chi connectivity index (χ3v) is 7.15. The molecule has 5 heterocycles. The Morgan fingerprint density at radius 1 is 1.22 bits per heavy atom. The van der Waals surface area contributed by atoms with E-state index in [1.807, 2.05) is 11.2 Å². The first-order chi connectivity index (χ1) is 11.2. The molecule has 0 aromatic carbocycles. The summed E-state index contributed by atoms with van der Waals surface area (Å²) >= 11 is 3.48. The van der Waals surface area contributed by atoms with Gasteiger partial charge in [-0.15, -0.1) is 22.7 Å². The van der Waals surface area contributed by atoms with Crippen LogP contribution in [0.25, 0.3) is 15.5 Å². The maximum Gasteiger partial charge on any atom is 0.0666 e. The van der Waals surface area contributed by atoms with Gasteiger partial charge in [-0.3, -0.25) is 0 Å². The summed E-state index contributed by atoms with van der Waals surface area (Å²) in [5, 5.41) is 3.96. The van der Waals surface area contributed by atoms with Gasteiger partial charge in [-0.05, 0) is 55.4 Å². The third kappa shape index (κ3) is 3.04. The molecule has 0 amide bonds. The first kappa shape index (κ1) is 15.2. The van der Waals surface area contributed by atoms with Crippen LogP contribution in [0.2, 0.25) is 0 Å². The number of hydrazine groups is 1. The van der Waals surface area contributed by atoms with Crippen molar-refractivity contribution in [3.05, 3.63) is 40.7 Å². The zero-order valence-electron chi connectivity index (χ0n) is 13.0. The van der Waals surface area contributed by atoms with Crippen molar-refractivity contribution >= 4 is 28.4 Å². The van der Waals surface area contributed by atoms with Crippen LogP contribution in [0.1, 0.15) is 17.7 Å². The average molecular weight is 347 g/mol. The van der Waals surface area contributed by atoms with Crippen molar-refractivity contribution < 1.29 is 0 Å². The van der Waals surface area contributed by atoms with Crippen molar-refractivity contribution in [3.63, 3.8) is 0 Å². The fourth-order valence-corrected chi connectivity index (χ4v) is 5.40. The Morgan fingerprint density at radius 3 is 2.70 bits per heavy atom. The number of piperidine rings is 3. The molecule has 2 bridgehead atoms. The SMILES string of the molecule is N/C(=C\N(N)C1CN2CCC1CC2)c1ccc(-c2cccs2)s1. The van der Waals surface area contributed by atoms with Crippen LogP contribution in [-0.2, 0) is 0 Å². The summed E-state index contributed by atoms with van der Waals surface area (Å²) in [4.78, 5) is 6.15. The highest BCUT2D eigenvalue weighted by Crippen LogP contribution is 2.34. The van der Waals surface area contributed by atoms with Gasteiger partial charge in [0.15, 0.2) is 0 Å². The summed E-state index contributed by atoms with van der Waals surface area (Å²) in [6, 6.07) is 8.85. The van der Waals surface area contributed by atoms with Crippen molar-refractivity contribution in [2.24, 2.45) is 17.5 Å². The Labute approximate surface area is 145 Å². The molecule has 3 fully saturated rings. The highest BCUT2D eigenvalue weighted by molar-refractivity contribution is 7.21. The topological polar surface area (TPSA) is 58.5 Å². The zero-order valence-corrected chi connectivity index (χ0v) is 14.7. The quantitative estimate of drug-likeness (QED) is 0.660. The molecule has 6 heteroatoms. The van der Waals surface area contributed by atoms with E-state index in [1.54, 1.807) is 22.7 Å². The predicted octanol–water partition coefficient (Wildman–Crippen LogP) is 3.00.